The van der Waals surface area contributed by atoms with Crippen LogP contribution >= 0.6 is 0 Å². The molecule has 1 aromatic carbocycles. The Hall–Kier alpha value is -1.49. The van der Waals surface area contributed by atoms with Gasteiger partial charge in [-0.3, -0.25) is 4.79 Å². The minimum Gasteiger partial charge on any atom is -0.325 e. The van der Waals surface area contributed by atoms with E-state index < -0.39 is 11.6 Å². The van der Waals surface area contributed by atoms with Gasteiger partial charge in [0.25, 0.3) is 5.91 Å². The normalized spacial score (nSPS) is 17.7. The van der Waals surface area contributed by atoms with Gasteiger partial charge >= 0.3 is 0 Å². The first kappa shape index (κ1) is 13.0. The van der Waals surface area contributed by atoms with Crippen molar-refractivity contribution < 1.29 is 18.5 Å². The summed E-state index contributed by atoms with van der Waals surface area (Å²) in [6.07, 6.45) is 2.27. The van der Waals surface area contributed by atoms with Gasteiger partial charge in [-0.05, 0) is 19.1 Å². The van der Waals surface area contributed by atoms with E-state index in [-0.39, 0.29) is 11.9 Å². The number of benzene rings is 1. The molecule has 1 atom stereocenters. The highest BCUT2D eigenvalue weighted by atomic mass is 19.2. The average molecular weight is 255 g/mol. The Labute approximate surface area is 105 Å². The minimum atomic E-state index is -0.950. The Morgan fingerprint density at radius 2 is 1.94 bits per heavy atom. The zero-order valence-electron chi connectivity index (χ0n) is 10.3. The van der Waals surface area contributed by atoms with Crippen LogP contribution in [-0.2, 0) is 4.79 Å². The van der Waals surface area contributed by atoms with E-state index in [9.17, 15) is 13.6 Å². The molecule has 0 radical (unpaired) electrons. The topological polar surface area (TPSA) is 33.5 Å². The van der Waals surface area contributed by atoms with Crippen molar-refractivity contribution in [2.75, 3.05) is 18.4 Å². The van der Waals surface area contributed by atoms with E-state index in [2.05, 4.69) is 5.32 Å². The number of amides is 1. The lowest BCUT2D eigenvalue weighted by atomic mass is 10.2. The highest BCUT2D eigenvalue weighted by Crippen LogP contribution is 2.13. The van der Waals surface area contributed by atoms with Gasteiger partial charge in [0.15, 0.2) is 17.7 Å². The third-order valence-electron chi connectivity index (χ3n) is 3.44. The second-order valence-electron chi connectivity index (χ2n) is 4.71. The van der Waals surface area contributed by atoms with Crippen LogP contribution < -0.4 is 10.2 Å². The quantitative estimate of drug-likeness (QED) is 0.829. The lowest BCUT2D eigenvalue weighted by molar-refractivity contribution is -0.901. The summed E-state index contributed by atoms with van der Waals surface area (Å²) >= 11 is 0. The summed E-state index contributed by atoms with van der Waals surface area (Å²) in [6, 6.07) is 3.21. The summed E-state index contributed by atoms with van der Waals surface area (Å²) in [4.78, 5) is 13.2. The van der Waals surface area contributed by atoms with Crippen LogP contribution in [0.5, 0.6) is 0 Å². The standard InChI is InChI=1S/C13H16F2N2O/c1-9(17-6-2-3-7-17)13(18)16-10-4-5-11(14)12(15)8-10/h4-5,8-9H,2-3,6-7H2,1H3,(H,16,18)/p+1/t9-/m1/s1. The Balaban J connectivity index is 1.99. The van der Waals surface area contributed by atoms with Gasteiger partial charge in [-0.1, -0.05) is 0 Å². The molecule has 0 spiro atoms. The Morgan fingerprint density at radius 3 is 2.56 bits per heavy atom. The lowest BCUT2D eigenvalue weighted by Gasteiger charge is -2.19. The fourth-order valence-electron chi connectivity index (χ4n) is 2.27. The van der Waals surface area contributed by atoms with E-state index in [1.165, 1.54) is 11.0 Å². The Bertz CT molecular complexity index is 445. The molecule has 1 aliphatic rings. The number of carbonyl (C=O) groups is 1. The molecule has 0 unspecified atom stereocenters. The van der Waals surface area contributed by atoms with Crippen molar-refractivity contribution in [3.8, 4) is 0 Å². The third-order valence-corrected chi connectivity index (χ3v) is 3.44. The van der Waals surface area contributed by atoms with Crippen molar-refractivity contribution in [3.05, 3.63) is 29.8 Å². The molecule has 2 N–H and O–H groups in total. The van der Waals surface area contributed by atoms with Crippen molar-refractivity contribution in [2.24, 2.45) is 0 Å². The van der Waals surface area contributed by atoms with Gasteiger partial charge in [-0.15, -0.1) is 0 Å². The van der Waals surface area contributed by atoms with E-state index in [0.717, 1.165) is 38.1 Å². The predicted molar refractivity (Wildman–Crippen MR) is 64.4 cm³/mol. The molecular weight excluding hydrogens is 238 g/mol. The van der Waals surface area contributed by atoms with Gasteiger partial charge in [0.05, 0.1) is 13.1 Å². The number of rotatable bonds is 3. The molecule has 18 heavy (non-hydrogen) atoms. The molecule has 0 aliphatic carbocycles. The molecule has 0 aromatic heterocycles. The molecule has 1 saturated heterocycles. The van der Waals surface area contributed by atoms with Gasteiger partial charge < -0.3 is 10.2 Å². The lowest BCUT2D eigenvalue weighted by Crippen LogP contribution is -3.14. The summed E-state index contributed by atoms with van der Waals surface area (Å²) in [6.45, 7) is 3.84. The van der Waals surface area contributed by atoms with Gasteiger partial charge in [-0.2, -0.15) is 0 Å². The highest BCUT2D eigenvalue weighted by molar-refractivity contribution is 5.93. The monoisotopic (exact) mass is 255 g/mol. The largest absolute Gasteiger partial charge is 0.325 e. The molecule has 1 aromatic rings. The van der Waals surface area contributed by atoms with Crippen LogP contribution in [0.15, 0.2) is 18.2 Å². The van der Waals surface area contributed by atoms with Crippen molar-refractivity contribution in [2.45, 2.75) is 25.8 Å². The summed E-state index contributed by atoms with van der Waals surface area (Å²) in [5, 5.41) is 2.62. The summed E-state index contributed by atoms with van der Waals surface area (Å²) in [5.74, 6) is -2.02. The van der Waals surface area contributed by atoms with E-state index >= 15 is 0 Å². The first-order valence-corrected chi connectivity index (χ1v) is 6.18. The predicted octanol–water partition coefficient (Wildman–Crippen LogP) is 0.970. The smallest absolute Gasteiger partial charge is 0.282 e. The molecule has 1 aliphatic heterocycles. The molecule has 0 bridgehead atoms. The maximum Gasteiger partial charge on any atom is 0.282 e. The molecule has 0 saturated carbocycles. The van der Waals surface area contributed by atoms with E-state index in [1.807, 2.05) is 6.92 Å². The molecular formula is C13H17F2N2O+. The number of carbonyl (C=O) groups excluding carboxylic acids is 1. The number of anilines is 1. The number of hydrogen-bond acceptors (Lipinski definition) is 1. The fourth-order valence-corrected chi connectivity index (χ4v) is 2.27. The van der Waals surface area contributed by atoms with E-state index in [4.69, 9.17) is 0 Å². The van der Waals surface area contributed by atoms with Crippen molar-refractivity contribution >= 4 is 11.6 Å². The third kappa shape index (κ3) is 2.85. The van der Waals surface area contributed by atoms with Gasteiger partial charge in [0, 0.05) is 24.6 Å². The first-order chi connectivity index (χ1) is 8.58. The van der Waals surface area contributed by atoms with Crippen LogP contribution in [0.3, 0.4) is 0 Å². The van der Waals surface area contributed by atoms with Gasteiger partial charge in [0.1, 0.15) is 0 Å². The highest BCUT2D eigenvalue weighted by Gasteiger charge is 2.27. The summed E-state index contributed by atoms with van der Waals surface area (Å²) in [7, 11) is 0. The van der Waals surface area contributed by atoms with Crippen molar-refractivity contribution in [1.29, 1.82) is 0 Å². The number of hydrogen-bond donors (Lipinski definition) is 2. The Kier molecular flexibility index (Phi) is 3.91. The Morgan fingerprint density at radius 1 is 1.28 bits per heavy atom. The second-order valence-corrected chi connectivity index (χ2v) is 4.71. The fraction of sp³-hybridized carbons (Fsp3) is 0.462. The van der Waals surface area contributed by atoms with E-state index in [1.54, 1.807) is 0 Å². The molecule has 98 valence electrons. The van der Waals surface area contributed by atoms with Gasteiger partial charge in [0.2, 0.25) is 0 Å². The summed E-state index contributed by atoms with van der Waals surface area (Å²) in [5.41, 5.74) is 0.296. The van der Waals surface area contributed by atoms with Crippen molar-refractivity contribution in [3.63, 3.8) is 0 Å². The zero-order chi connectivity index (χ0) is 13.1. The SMILES string of the molecule is C[C@H](C(=O)Nc1ccc(F)c(F)c1)[NH+]1CCCC1. The van der Waals surface area contributed by atoms with Crippen LogP contribution in [0, 0.1) is 11.6 Å². The first-order valence-electron chi connectivity index (χ1n) is 6.18. The summed E-state index contributed by atoms with van der Waals surface area (Å²) < 4.78 is 25.7. The number of halogens is 2. The molecule has 3 nitrogen and oxygen atoms in total. The second kappa shape index (κ2) is 5.44. The van der Waals surface area contributed by atoms with Crippen LogP contribution in [0.25, 0.3) is 0 Å². The van der Waals surface area contributed by atoms with Crippen LogP contribution in [0.2, 0.25) is 0 Å². The zero-order valence-corrected chi connectivity index (χ0v) is 10.3. The average Bonchev–Trinajstić information content (AvgIpc) is 2.86. The van der Waals surface area contributed by atoms with Gasteiger partial charge in [-0.25, -0.2) is 8.78 Å². The molecule has 5 heteroatoms. The molecule has 2 rings (SSSR count). The number of quaternary nitrogens is 1. The van der Waals surface area contributed by atoms with E-state index in [0.29, 0.717) is 5.69 Å². The van der Waals surface area contributed by atoms with Crippen LogP contribution in [-0.4, -0.2) is 25.0 Å². The van der Waals surface area contributed by atoms with Crippen molar-refractivity contribution in [1.82, 2.24) is 0 Å². The van der Waals surface area contributed by atoms with Crippen LogP contribution in [0.4, 0.5) is 14.5 Å². The minimum absolute atomic E-state index is 0.155. The molecule has 1 heterocycles. The molecule has 1 amide bonds. The molecule has 1 fully saturated rings. The maximum atomic E-state index is 13.0. The number of likely N-dealkylation sites (tertiary alicyclic amines) is 1. The number of nitrogens with one attached hydrogen (secondary N) is 2. The maximum absolute atomic E-state index is 13.0. The van der Waals surface area contributed by atoms with Crippen LogP contribution in [0.1, 0.15) is 19.8 Å².